The molecule has 11 heteroatoms. The van der Waals surface area contributed by atoms with Crippen molar-refractivity contribution in [1.29, 1.82) is 0 Å². The van der Waals surface area contributed by atoms with E-state index in [0.29, 0.717) is 16.8 Å². The number of nitrogens with zero attached hydrogens (tertiary/aromatic N) is 4. The molecule has 3 aromatic rings. The van der Waals surface area contributed by atoms with Crippen LogP contribution in [0.4, 0.5) is 14.9 Å². The van der Waals surface area contributed by atoms with E-state index in [1.807, 2.05) is 12.1 Å². The Hall–Kier alpha value is -3.86. The van der Waals surface area contributed by atoms with E-state index >= 15 is 0 Å². The van der Waals surface area contributed by atoms with Crippen molar-refractivity contribution < 1.29 is 18.7 Å². The molecule has 10 nitrogen and oxygen atoms in total. The molecule has 3 heterocycles. The van der Waals surface area contributed by atoms with Crippen molar-refractivity contribution in [3.05, 3.63) is 59.9 Å². The fraction of sp³-hybridized carbons (Fsp3) is 0.348. The summed E-state index contributed by atoms with van der Waals surface area (Å²) in [7, 11) is 0. The number of benzene rings is 1. The number of hydrogen-bond donors (Lipinski definition) is 3. The van der Waals surface area contributed by atoms with Crippen molar-refractivity contribution in [1.82, 2.24) is 31.0 Å². The lowest BCUT2D eigenvalue weighted by molar-refractivity contribution is -0.119. The fourth-order valence-corrected chi connectivity index (χ4v) is 3.64. The van der Waals surface area contributed by atoms with Gasteiger partial charge in [0.25, 0.3) is 0 Å². The summed E-state index contributed by atoms with van der Waals surface area (Å²) in [5.74, 6) is -0.663. The van der Waals surface area contributed by atoms with Crippen LogP contribution in [-0.4, -0.2) is 64.7 Å². The summed E-state index contributed by atoms with van der Waals surface area (Å²) in [6.07, 6.45) is 3.88. The van der Waals surface area contributed by atoms with Crippen molar-refractivity contribution in [3.63, 3.8) is 0 Å². The third-order valence-electron chi connectivity index (χ3n) is 5.45. The van der Waals surface area contributed by atoms with Gasteiger partial charge in [-0.15, -0.1) is 5.10 Å². The monoisotopic (exact) mass is 467 g/mol. The van der Waals surface area contributed by atoms with E-state index in [1.54, 1.807) is 24.5 Å². The lowest BCUT2D eigenvalue weighted by atomic mass is 10.1. The normalized spacial score (nSPS) is 15.4. The van der Waals surface area contributed by atoms with E-state index in [1.165, 1.54) is 17.9 Å². The van der Waals surface area contributed by atoms with Crippen LogP contribution in [0.2, 0.25) is 0 Å². The average Bonchev–Trinajstić information content (AvgIpc) is 3.47. The van der Waals surface area contributed by atoms with Gasteiger partial charge in [-0.1, -0.05) is 11.3 Å². The van der Waals surface area contributed by atoms with Crippen molar-refractivity contribution in [3.8, 4) is 11.1 Å². The number of anilines is 1. The molecule has 1 aliphatic heterocycles. The zero-order valence-electron chi connectivity index (χ0n) is 18.8. The van der Waals surface area contributed by atoms with Crippen LogP contribution >= 0.6 is 0 Å². The van der Waals surface area contributed by atoms with Gasteiger partial charge in [-0.05, 0) is 24.3 Å². The quantitative estimate of drug-likeness (QED) is 0.389. The average molecular weight is 468 g/mol. The standard InChI is InChI=1S/C23H26FN7O3/c1-15(32)26-13-20-14-31(23(33)34-20)19-4-5-21(22(24)10-19)16-2-3-17(27-11-16)6-8-25-9-7-18-12-28-30-29-18/h2-5,10-12,20,25H,6-9,13-14H2,1H3,(H,26,32)(H,28,29,30)/t20-/m0/s1. The zero-order chi connectivity index (χ0) is 23.9. The molecule has 0 unspecified atom stereocenters. The molecule has 178 valence electrons. The van der Waals surface area contributed by atoms with Crippen LogP contribution in [0, 0.1) is 5.82 Å². The number of aromatic nitrogens is 4. The molecule has 0 aliphatic carbocycles. The molecule has 3 N–H and O–H groups in total. The lowest BCUT2D eigenvalue weighted by Gasteiger charge is -2.14. The number of rotatable bonds is 10. The van der Waals surface area contributed by atoms with Crippen molar-refractivity contribution in [2.75, 3.05) is 31.1 Å². The van der Waals surface area contributed by atoms with Crippen LogP contribution in [-0.2, 0) is 22.4 Å². The second-order valence-corrected chi connectivity index (χ2v) is 7.99. The van der Waals surface area contributed by atoms with Crippen molar-refractivity contribution in [2.45, 2.75) is 25.9 Å². The van der Waals surface area contributed by atoms with Crippen LogP contribution in [0.25, 0.3) is 11.1 Å². The molecular formula is C23H26FN7O3. The molecule has 1 saturated heterocycles. The summed E-state index contributed by atoms with van der Waals surface area (Å²) in [6.45, 7) is 3.42. The van der Waals surface area contributed by atoms with Gasteiger partial charge in [0.2, 0.25) is 5.91 Å². The molecule has 4 rings (SSSR count). The van der Waals surface area contributed by atoms with Crippen LogP contribution in [0.15, 0.2) is 42.7 Å². The van der Waals surface area contributed by atoms with Crippen LogP contribution in [0.1, 0.15) is 18.3 Å². The van der Waals surface area contributed by atoms with Gasteiger partial charge in [-0.2, -0.15) is 0 Å². The first kappa shape index (κ1) is 23.3. The Morgan fingerprint density at radius 2 is 2.09 bits per heavy atom. The lowest BCUT2D eigenvalue weighted by Crippen LogP contribution is -2.33. The number of pyridine rings is 1. The number of halogens is 1. The number of cyclic esters (lactones) is 1. The number of ether oxygens (including phenoxy) is 1. The molecule has 0 bridgehead atoms. The molecule has 1 fully saturated rings. The Balaban J connectivity index is 1.31. The van der Waals surface area contributed by atoms with Crippen LogP contribution in [0.3, 0.4) is 0 Å². The highest BCUT2D eigenvalue weighted by Gasteiger charge is 2.32. The van der Waals surface area contributed by atoms with Crippen molar-refractivity contribution >= 4 is 17.7 Å². The van der Waals surface area contributed by atoms with Crippen molar-refractivity contribution in [2.24, 2.45) is 0 Å². The summed E-state index contributed by atoms with van der Waals surface area (Å²) in [4.78, 5) is 29.0. The molecule has 34 heavy (non-hydrogen) atoms. The number of carbonyl (C=O) groups excluding carboxylic acids is 2. The third-order valence-corrected chi connectivity index (χ3v) is 5.45. The van der Waals surface area contributed by atoms with E-state index < -0.39 is 18.0 Å². The van der Waals surface area contributed by atoms with Gasteiger partial charge < -0.3 is 15.4 Å². The molecule has 1 aromatic carbocycles. The minimum Gasteiger partial charge on any atom is -0.442 e. The van der Waals surface area contributed by atoms with Crippen LogP contribution in [0.5, 0.6) is 0 Å². The Morgan fingerprint density at radius 1 is 1.24 bits per heavy atom. The molecule has 0 saturated carbocycles. The van der Waals surface area contributed by atoms with Gasteiger partial charge in [-0.25, -0.2) is 9.18 Å². The highest BCUT2D eigenvalue weighted by Crippen LogP contribution is 2.28. The number of carbonyl (C=O) groups is 2. The number of amides is 2. The summed E-state index contributed by atoms with van der Waals surface area (Å²) < 4.78 is 20.1. The number of H-pyrrole nitrogens is 1. The highest BCUT2D eigenvalue weighted by atomic mass is 19.1. The first-order chi connectivity index (χ1) is 16.5. The van der Waals surface area contributed by atoms with E-state index in [4.69, 9.17) is 4.74 Å². The Morgan fingerprint density at radius 3 is 2.79 bits per heavy atom. The Kier molecular flexibility index (Phi) is 7.43. The predicted molar refractivity (Wildman–Crippen MR) is 123 cm³/mol. The maximum absolute atomic E-state index is 14.9. The number of hydrogen-bond acceptors (Lipinski definition) is 7. The molecule has 2 aromatic heterocycles. The molecular weight excluding hydrogens is 441 g/mol. The minimum absolute atomic E-state index is 0.205. The summed E-state index contributed by atoms with van der Waals surface area (Å²) >= 11 is 0. The highest BCUT2D eigenvalue weighted by molar-refractivity contribution is 5.90. The second kappa shape index (κ2) is 10.8. The summed E-state index contributed by atoms with van der Waals surface area (Å²) in [5, 5.41) is 16.2. The largest absolute Gasteiger partial charge is 0.442 e. The molecule has 0 spiro atoms. The third kappa shape index (κ3) is 5.93. The molecule has 0 radical (unpaired) electrons. The summed E-state index contributed by atoms with van der Waals surface area (Å²) in [6, 6.07) is 8.33. The first-order valence-electron chi connectivity index (χ1n) is 11.0. The molecule has 1 atom stereocenters. The Bertz CT molecular complexity index is 1120. The zero-order valence-corrected chi connectivity index (χ0v) is 18.8. The van der Waals surface area contributed by atoms with E-state index in [9.17, 15) is 14.0 Å². The molecule has 1 aliphatic rings. The van der Waals surface area contributed by atoms with Gasteiger partial charge in [0.1, 0.15) is 11.9 Å². The summed E-state index contributed by atoms with van der Waals surface area (Å²) in [5.41, 5.74) is 3.34. The van der Waals surface area contributed by atoms with E-state index in [2.05, 4.69) is 31.0 Å². The van der Waals surface area contributed by atoms with Gasteiger partial charge in [0.15, 0.2) is 0 Å². The SMILES string of the molecule is CC(=O)NC[C@H]1CN(c2ccc(-c3ccc(CCNCCc4cnn[nH]4)nc3)c(F)c2)C(=O)O1. The smallest absolute Gasteiger partial charge is 0.414 e. The maximum Gasteiger partial charge on any atom is 0.414 e. The van der Waals surface area contributed by atoms with Gasteiger partial charge >= 0.3 is 6.09 Å². The fourth-order valence-electron chi connectivity index (χ4n) is 3.64. The Labute approximate surface area is 195 Å². The topological polar surface area (TPSA) is 125 Å². The van der Waals surface area contributed by atoms with E-state index in [0.717, 1.165) is 37.3 Å². The minimum atomic E-state index is -0.566. The van der Waals surface area contributed by atoms with Gasteiger partial charge in [0.05, 0.1) is 30.7 Å². The first-order valence-corrected chi connectivity index (χ1v) is 11.0. The molecule has 2 amide bonds. The van der Waals surface area contributed by atoms with Gasteiger partial charge in [0, 0.05) is 55.9 Å². The van der Waals surface area contributed by atoms with Crippen LogP contribution < -0.4 is 15.5 Å². The second-order valence-electron chi connectivity index (χ2n) is 7.99. The number of nitrogens with one attached hydrogen (secondary N) is 3. The predicted octanol–water partition coefficient (Wildman–Crippen LogP) is 1.84. The maximum atomic E-state index is 14.9. The van der Waals surface area contributed by atoms with E-state index in [-0.39, 0.29) is 19.0 Å². The number of aromatic amines is 1. The van der Waals surface area contributed by atoms with Gasteiger partial charge in [-0.3, -0.25) is 19.8 Å².